The van der Waals surface area contributed by atoms with Gasteiger partial charge in [-0.15, -0.1) is 0 Å². The average molecular weight is 500 g/mol. The highest BCUT2D eigenvalue weighted by molar-refractivity contribution is 5.94. The molecular formula is C27H28F3N3O3. The number of allylic oxidation sites excluding steroid dienone is 2. The molecule has 0 radical (unpaired) electrons. The molecule has 0 spiro atoms. The minimum Gasteiger partial charge on any atom is -0.496 e. The Bertz CT molecular complexity index is 1350. The molecule has 4 rings (SSSR count). The first-order valence-corrected chi connectivity index (χ1v) is 11.7. The molecule has 0 bridgehead atoms. The number of hydrogen-bond acceptors (Lipinski definition) is 5. The van der Waals surface area contributed by atoms with Crippen molar-refractivity contribution in [3.63, 3.8) is 0 Å². The largest absolute Gasteiger partial charge is 0.496 e. The number of carbonyl (C=O) groups is 1. The van der Waals surface area contributed by atoms with Crippen LogP contribution in [0.25, 0.3) is 16.5 Å². The van der Waals surface area contributed by atoms with Gasteiger partial charge in [0, 0.05) is 17.0 Å². The molecule has 2 N–H and O–H groups in total. The van der Waals surface area contributed by atoms with Gasteiger partial charge in [0.15, 0.2) is 0 Å². The minimum absolute atomic E-state index is 0.169. The number of nitrogens with one attached hydrogen (secondary N) is 1. The highest BCUT2D eigenvalue weighted by Crippen LogP contribution is 2.39. The lowest BCUT2D eigenvalue weighted by atomic mass is 9.86. The molecule has 9 heteroatoms. The van der Waals surface area contributed by atoms with Gasteiger partial charge in [0.25, 0.3) is 0 Å². The molecule has 0 aliphatic heterocycles. The number of ether oxygens (including phenoxy) is 1. The SMILES string of the molecule is COc1cc2nc(C)nc(N[C@H](C)c3cccc(C(F)(F)F)c3C)c2cc1C1=CCC(C(=O)O)CC1. The third kappa shape index (κ3) is 5.01. The second kappa shape index (κ2) is 9.79. The lowest BCUT2D eigenvalue weighted by Crippen LogP contribution is -2.16. The van der Waals surface area contributed by atoms with Gasteiger partial charge in [0.1, 0.15) is 17.4 Å². The van der Waals surface area contributed by atoms with Gasteiger partial charge < -0.3 is 15.2 Å². The molecule has 1 aromatic heterocycles. The predicted octanol–water partition coefficient (Wildman–Crippen LogP) is 6.72. The number of aryl methyl sites for hydroxylation is 1. The van der Waals surface area contributed by atoms with E-state index in [0.717, 1.165) is 17.2 Å². The zero-order valence-electron chi connectivity index (χ0n) is 20.5. The third-order valence-electron chi connectivity index (χ3n) is 6.74. The van der Waals surface area contributed by atoms with Crippen LogP contribution in [0.1, 0.15) is 60.3 Å². The summed E-state index contributed by atoms with van der Waals surface area (Å²) in [6.07, 6.45) is -0.940. The number of aliphatic carboxylic acids is 1. The molecule has 190 valence electrons. The first kappa shape index (κ1) is 25.5. The van der Waals surface area contributed by atoms with Gasteiger partial charge in [-0.05, 0) is 68.9 Å². The molecule has 0 amide bonds. The molecule has 1 heterocycles. The normalized spacial score (nSPS) is 17.0. The van der Waals surface area contributed by atoms with E-state index in [2.05, 4.69) is 15.3 Å². The second-order valence-electron chi connectivity index (χ2n) is 9.11. The van der Waals surface area contributed by atoms with Crippen LogP contribution in [0.5, 0.6) is 5.75 Å². The zero-order chi connectivity index (χ0) is 26.2. The Labute approximate surface area is 207 Å². The Morgan fingerprint density at radius 2 is 1.97 bits per heavy atom. The summed E-state index contributed by atoms with van der Waals surface area (Å²) in [4.78, 5) is 20.4. The molecule has 3 aromatic rings. The van der Waals surface area contributed by atoms with Crippen molar-refractivity contribution >= 4 is 28.3 Å². The fourth-order valence-corrected chi connectivity index (χ4v) is 4.82. The average Bonchev–Trinajstić information content (AvgIpc) is 2.82. The number of alkyl halides is 3. The van der Waals surface area contributed by atoms with Gasteiger partial charge in [0.2, 0.25) is 0 Å². The van der Waals surface area contributed by atoms with Crippen LogP contribution < -0.4 is 10.1 Å². The summed E-state index contributed by atoms with van der Waals surface area (Å²) in [7, 11) is 1.57. The molecule has 2 aromatic carbocycles. The highest BCUT2D eigenvalue weighted by Gasteiger charge is 2.33. The van der Waals surface area contributed by atoms with Crippen molar-refractivity contribution in [2.45, 2.75) is 52.3 Å². The van der Waals surface area contributed by atoms with Crippen molar-refractivity contribution in [3.05, 3.63) is 64.5 Å². The summed E-state index contributed by atoms with van der Waals surface area (Å²) in [5, 5.41) is 13.3. The van der Waals surface area contributed by atoms with Crippen molar-refractivity contribution in [2.75, 3.05) is 12.4 Å². The Morgan fingerprint density at radius 3 is 2.58 bits per heavy atom. The molecule has 2 atom stereocenters. The molecular weight excluding hydrogens is 471 g/mol. The maximum atomic E-state index is 13.5. The molecule has 1 aliphatic rings. The summed E-state index contributed by atoms with van der Waals surface area (Å²) >= 11 is 0. The van der Waals surface area contributed by atoms with E-state index < -0.39 is 29.7 Å². The molecule has 1 aliphatic carbocycles. The molecule has 36 heavy (non-hydrogen) atoms. The van der Waals surface area contributed by atoms with Crippen molar-refractivity contribution in [1.29, 1.82) is 0 Å². The molecule has 1 unspecified atom stereocenters. The van der Waals surface area contributed by atoms with E-state index in [1.807, 2.05) is 18.2 Å². The summed E-state index contributed by atoms with van der Waals surface area (Å²) < 4.78 is 46.0. The monoisotopic (exact) mass is 499 g/mol. The maximum Gasteiger partial charge on any atom is 0.416 e. The number of benzene rings is 2. The van der Waals surface area contributed by atoms with Crippen LogP contribution in [0.15, 0.2) is 36.4 Å². The van der Waals surface area contributed by atoms with E-state index in [9.17, 15) is 23.1 Å². The fraction of sp³-hybridized carbons (Fsp3) is 0.370. The van der Waals surface area contributed by atoms with Crippen LogP contribution in [0, 0.1) is 19.8 Å². The van der Waals surface area contributed by atoms with E-state index in [4.69, 9.17) is 4.74 Å². The number of rotatable bonds is 6. The Morgan fingerprint density at radius 1 is 1.22 bits per heavy atom. The standard InChI is InChI=1S/C27H28F3N3O3/c1-14-19(6-5-7-22(14)27(28,29)30)15(2)31-25-21-12-20(17-8-10-18(11-9-17)26(34)35)24(36-4)13-23(21)32-16(3)33-25/h5-8,12-13,15,18H,9-11H2,1-4H3,(H,34,35)(H,31,32,33)/t15-,18?/m1/s1. The van der Waals surface area contributed by atoms with Crippen molar-refractivity contribution < 1.29 is 27.8 Å². The van der Waals surface area contributed by atoms with E-state index in [-0.39, 0.29) is 5.56 Å². The molecule has 0 saturated carbocycles. The highest BCUT2D eigenvalue weighted by atomic mass is 19.4. The number of halogens is 3. The first-order chi connectivity index (χ1) is 17.0. The van der Waals surface area contributed by atoms with Crippen molar-refractivity contribution in [2.24, 2.45) is 5.92 Å². The lowest BCUT2D eigenvalue weighted by molar-refractivity contribution is -0.142. The van der Waals surface area contributed by atoms with Gasteiger partial charge in [-0.2, -0.15) is 13.2 Å². The second-order valence-corrected chi connectivity index (χ2v) is 9.11. The quantitative estimate of drug-likeness (QED) is 0.392. The smallest absolute Gasteiger partial charge is 0.416 e. The van der Waals surface area contributed by atoms with Gasteiger partial charge in [-0.1, -0.05) is 18.2 Å². The van der Waals surface area contributed by atoms with Gasteiger partial charge in [-0.25, -0.2) is 9.97 Å². The van der Waals surface area contributed by atoms with Gasteiger partial charge in [-0.3, -0.25) is 4.79 Å². The molecule has 0 saturated heterocycles. The van der Waals surface area contributed by atoms with E-state index in [0.29, 0.717) is 53.1 Å². The number of fused-ring (bicyclic) bond motifs is 1. The predicted molar refractivity (Wildman–Crippen MR) is 132 cm³/mol. The van der Waals surface area contributed by atoms with Crippen molar-refractivity contribution in [3.8, 4) is 5.75 Å². The Kier molecular flexibility index (Phi) is 6.93. The Hall–Kier alpha value is -3.62. The number of carboxylic acid groups (broad SMARTS) is 1. The molecule has 6 nitrogen and oxygen atoms in total. The third-order valence-corrected chi connectivity index (χ3v) is 6.74. The molecule has 0 fully saturated rings. The minimum atomic E-state index is -4.43. The Balaban J connectivity index is 1.76. The van der Waals surface area contributed by atoms with Crippen LogP contribution in [0.3, 0.4) is 0 Å². The first-order valence-electron chi connectivity index (χ1n) is 11.7. The lowest BCUT2D eigenvalue weighted by Gasteiger charge is -2.23. The van der Waals surface area contributed by atoms with E-state index >= 15 is 0 Å². The summed E-state index contributed by atoms with van der Waals surface area (Å²) in [5.41, 5.74) is 2.49. The summed E-state index contributed by atoms with van der Waals surface area (Å²) in [5.74, 6) is 0.429. The van der Waals surface area contributed by atoms with Crippen LogP contribution in [-0.4, -0.2) is 28.2 Å². The van der Waals surface area contributed by atoms with E-state index in [1.54, 1.807) is 27.0 Å². The van der Waals surface area contributed by atoms with Gasteiger partial charge in [0.05, 0.1) is 30.1 Å². The maximum absolute atomic E-state index is 13.5. The van der Waals surface area contributed by atoms with Crippen molar-refractivity contribution in [1.82, 2.24) is 9.97 Å². The number of methoxy groups -OCH3 is 1. The van der Waals surface area contributed by atoms with Crippen LogP contribution in [0.4, 0.5) is 19.0 Å². The number of anilines is 1. The van der Waals surface area contributed by atoms with Crippen LogP contribution in [0.2, 0.25) is 0 Å². The van der Waals surface area contributed by atoms with E-state index in [1.165, 1.54) is 13.0 Å². The summed E-state index contributed by atoms with van der Waals surface area (Å²) in [6, 6.07) is 7.44. The topological polar surface area (TPSA) is 84.3 Å². The number of aromatic nitrogens is 2. The summed E-state index contributed by atoms with van der Waals surface area (Å²) in [6.45, 7) is 5.02. The van der Waals surface area contributed by atoms with Crippen LogP contribution in [-0.2, 0) is 11.0 Å². The fourth-order valence-electron chi connectivity index (χ4n) is 4.82. The zero-order valence-corrected chi connectivity index (χ0v) is 20.5. The van der Waals surface area contributed by atoms with Gasteiger partial charge >= 0.3 is 12.1 Å². The number of carboxylic acids is 1. The van der Waals surface area contributed by atoms with Crippen LogP contribution >= 0.6 is 0 Å². The number of nitrogens with zero attached hydrogens (tertiary/aromatic N) is 2. The number of hydrogen-bond donors (Lipinski definition) is 2.